The third-order valence-corrected chi connectivity index (χ3v) is 7.25. The van der Waals surface area contributed by atoms with Crippen LogP contribution in [0.1, 0.15) is 24.5 Å². The summed E-state index contributed by atoms with van der Waals surface area (Å²) < 4.78 is 12.4. The Morgan fingerprint density at radius 2 is 1.86 bits per heavy atom. The van der Waals surface area contributed by atoms with Crippen molar-refractivity contribution < 1.29 is 19.1 Å². The quantitative estimate of drug-likeness (QED) is 0.578. The minimum atomic E-state index is -0.691. The summed E-state index contributed by atoms with van der Waals surface area (Å²) in [7, 11) is 3.09. The topological polar surface area (TPSA) is 102 Å². The van der Waals surface area contributed by atoms with Gasteiger partial charge in [0.05, 0.1) is 14.2 Å². The maximum absolute atomic E-state index is 13.3. The van der Waals surface area contributed by atoms with Crippen molar-refractivity contribution in [3.8, 4) is 11.5 Å². The number of benzene rings is 1. The van der Waals surface area contributed by atoms with Crippen LogP contribution in [0.2, 0.25) is 0 Å². The highest BCUT2D eigenvalue weighted by molar-refractivity contribution is 7.98. The number of amides is 3. The fourth-order valence-corrected chi connectivity index (χ4v) is 5.39. The number of hydrogen-bond donors (Lipinski definition) is 2. The van der Waals surface area contributed by atoms with E-state index in [1.54, 1.807) is 61.2 Å². The van der Waals surface area contributed by atoms with Gasteiger partial charge >= 0.3 is 6.03 Å². The number of fused-ring (bicyclic) bond motifs is 4. The summed E-state index contributed by atoms with van der Waals surface area (Å²) in [6.45, 7) is 1.70. The van der Waals surface area contributed by atoms with Crippen LogP contribution in [-0.2, 0) is 11.3 Å². The van der Waals surface area contributed by atoms with E-state index in [2.05, 4.69) is 10.6 Å². The Hall–Kier alpha value is -3.14. The maximum atomic E-state index is 13.3. The zero-order chi connectivity index (χ0) is 24.9. The maximum Gasteiger partial charge on any atom is 0.318 e. The number of pyridine rings is 1. The number of methoxy groups -OCH3 is 2. The first-order valence-electron chi connectivity index (χ1n) is 11.7. The van der Waals surface area contributed by atoms with Crippen LogP contribution in [0.4, 0.5) is 10.5 Å². The van der Waals surface area contributed by atoms with Gasteiger partial charge in [0.25, 0.3) is 5.56 Å². The molecule has 35 heavy (non-hydrogen) atoms. The second kappa shape index (κ2) is 11.1. The predicted octanol–water partition coefficient (Wildman–Crippen LogP) is 2.75. The molecule has 10 heteroatoms. The van der Waals surface area contributed by atoms with E-state index < -0.39 is 6.04 Å². The van der Waals surface area contributed by atoms with Crippen molar-refractivity contribution in [1.29, 1.82) is 0 Å². The smallest absolute Gasteiger partial charge is 0.318 e. The normalized spacial score (nSPS) is 19.3. The molecule has 3 unspecified atom stereocenters. The predicted molar refractivity (Wildman–Crippen MR) is 137 cm³/mol. The monoisotopic (exact) mass is 500 g/mol. The van der Waals surface area contributed by atoms with Crippen LogP contribution < -0.4 is 25.7 Å². The summed E-state index contributed by atoms with van der Waals surface area (Å²) >= 11 is 1.62. The molecule has 9 nitrogen and oxygen atoms in total. The Balaban J connectivity index is 1.45. The summed E-state index contributed by atoms with van der Waals surface area (Å²) in [4.78, 5) is 40.5. The number of urea groups is 1. The number of nitrogens with zero attached hydrogens (tertiary/aromatic N) is 2. The number of likely N-dealkylation sites (tertiary alicyclic amines) is 1. The Morgan fingerprint density at radius 3 is 2.54 bits per heavy atom. The first kappa shape index (κ1) is 25.0. The van der Waals surface area contributed by atoms with Gasteiger partial charge in [-0.3, -0.25) is 9.59 Å². The van der Waals surface area contributed by atoms with E-state index in [4.69, 9.17) is 9.47 Å². The molecular formula is C25H32N4O5S. The lowest BCUT2D eigenvalue weighted by Crippen LogP contribution is -2.55. The van der Waals surface area contributed by atoms with Gasteiger partial charge in [-0.15, -0.1) is 0 Å². The zero-order valence-corrected chi connectivity index (χ0v) is 21.1. The van der Waals surface area contributed by atoms with Gasteiger partial charge in [-0.05, 0) is 36.8 Å². The lowest BCUT2D eigenvalue weighted by Gasteiger charge is -2.43. The van der Waals surface area contributed by atoms with Crippen molar-refractivity contribution in [2.24, 2.45) is 5.92 Å². The largest absolute Gasteiger partial charge is 0.497 e. The molecule has 4 rings (SSSR count). The minimum Gasteiger partial charge on any atom is -0.497 e. The molecule has 0 aliphatic carbocycles. The molecule has 2 aliphatic rings. The SMILES string of the molecule is COc1cc(NC(=O)C(CCSC)NC(=O)N2CC3CC(C2)c2cccc(=O)n2C3)cc(OC)c1. The number of rotatable bonds is 8. The molecule has 188 valence electrons. The van der Waals surface area contributed by atoms with Crippen molar-refractivity contribution in [2.75, 3.05) is 44.6 Å². The van der Waals surface area contributed by atoms with Crippen LogP contribution >= 0.6 is 11.8 Å². The van der Waals surface area contributed by atoms with E-state index in [0.717, 1.165) is 17.9 Å². The van der Waals surface area contributed by atoms with Crippen LogP contribution in [-0.4, -0.2) is 66.8 Å². The van der Waals surface area contributed by atoms with Crippen LogP contribution in [0, 0.1) is 5.92 Å². The van der Waals surface area contributed by atoms with Crippen molar-refractivity contribution in [3.63, 3.8) is 0 Å². The number of aromatic nitrogens is 1. The van der Waals surface area contributed by atoms with Gasteiger partial charge in [0.1, 0.15) is 17.5 Å². The van der Waals surface area contributed by atoms with Gasteiger partial charge in [-0.2, -0.15) is 11.8 Å². The average Bonchev–Trinajstić information content (AvgIpc) is 2.86. The molecule has 1 aromatic heterocycles. The van der Waals surface area contributed by atoms with E-state index in [-0.39, 0.29) is 29.3 Å². The Morgan fingerprint density at radius 1 is 1.11 bits per heavy atom. The summed E-state index contributed by atoms with van der Waals surface area (Å²) in [5, 5.41) is 5.84. The number of anilines is 1. The number of carbonyl (C=O) groups excluding carboxylic acids is 2. The van der Waals surface area contributed by atoms with Gasteiger partial charge in [-0.1, -0.05) is 6.07 Å². The number of ether oxygens (including phenoxy) is 2. The van der Waals surface area contributed by atoms with Crippen LogP contribution in [0.15, 0.2) is 41.2 Å². The number of carbonyl (C=O) groups is 2. The number of thioether (sulfide) groups is 1. The van der Waals surface area contributed by atoms with E-state index in [9.17, 15) is 14.4 Å². The highest BCUT2D eigenvalue weighted by Crippen LogP contribution is 2.35. The zero-order valence-electron chi connectivity index (χ0n) is 20.3. The Kier molecular flexibility index (Phi) is 7.90. The molecule has 3 amide bonds. The van der Waals surface area contributed by atoms with E-state index in [1.165, 1.54) is 0 Å². The molecule has 0 saturated carbocycles. The van der Waals surface area contributed by atoms with Crippen molar-refractivity contribution in [3.05, 3.63) is 52.4 Å². The van der Waals surface area contributed by atoms with Crippen molar-refractivity contribution >= 4 is 29.4 Å². The van der Waals surface area contributed by atoms with Crippen LogP contribution in [0.5, 0.6) is 11.5 Å². The summed E-state index contributed by atoms with van der Waals surface area (Å²) in [6, 6.07) is 9.53. The van der Waals surface area contributed by atoms with Gasteiger partial charge in [0.2, 0.25) is 5.91 Å². The third kappa shape index (κ3) is 5.75. The molecule has 2 N–H and O–H groups in total. The average molecular weight is 501 g/mol. The number of nitrogens with one attached hydrogen (secondary N) is 2. The first-order chi connectivity index (χ1) is 16.9. The first-order valence-corrected chi connectivity index (χ1v) is 13.1. The molecule has 0 radical (unpaired) electrons. The standard InChI is InChI=1S/C25H32N4O5S/c1-33-19-10-18(11-20(12-19)34-2)26-24(31)21(7-8-35-3)27-25(32)28-13-16-9-17(15-28)22-5-4-6-23(30)29(22)14-16/h4-6,10-12,16-17,21H,7-9,13-15H2,1-3H3,(H,26,31)(H,27,32). The summed E-state index contributed by atoms with van der Waals surface area (Å²) in [6.07, 6.45) is 3.43. The van der Waals surface area contributed by atoms with Crippen molar-refractivity contribution in [1.82, 2.24) is 14.8 Å². The second-order valence-electron chi connectivity index (χ2n) is 8.98. The van der Waals surface area contributed by atoms with Crippen LogP contribution in [0.3, 0.4) is 0 Å². The Labute approximate surface area is 209 Å². The van der Waals surface area contributed by atoms with E-state index >= 15 is 0 Å². The second-order valence-corrected chi connectivity index (χ2v) is 9.96. The molecule has 3 atom stereocenters. The molecule has 1 saturated heterocycles. The third-order valence-electron chi connectivity index (χ3n) is 6.61. The number of piperidine rings is 1. The molecule has 2 aliphatic heterocycles. The molecule has 1 fully saturated rings. The van der Waals surface area contributed by atoms with Gasteiger partial charge < -0.3 is 29.6 Å². The van der Waals surface area contributed by atoms with E-state index in [0.29, 0.717) is 43.2 Å². The Bertz CT molecular complexity index is 1110. The van der Waals surface area contributed by atoms with E-state index in [1.807, 2.05) is 16.9 Å². The summed E-state index contributed by atoms with van der Waals surface area (Å²) in [5.74, 6) is 1.88. The molecule has 1 aromatic carbocycles. The number of hydrogen-bond acceptors (Lipinski definition) is 6. The molecule has 2 bridgehead atoms. The highest BCUT2D eigenvalue weighted by Gasteiger charge is 2.37. The fourth-order valence-electron chi connectivity index (χ4n) is 4.92. The molecule has 3 heterocycles. The molecule has 0 spiro atoms. The molecular weight excluding hydrogens is 468 g/mol. The highest BCUT2D eigenvalue weighted by atomic mass is 32.2. The van der Waals surface area contributed by atoms with Gasteiger partial charge in [0.15, 0.2) is 0 Å². The van der Waals surface area contributed by atoms with Crippen molar-refractivity contribution in [2.45, 2.75) is 31.3 Å². The van der Waals surface area contributed by atoms with Gasteiger partial charge in [-0.25, -0.2) is 4.79 Å². The fraction of sp³-hybridized carbons (Fsp3) is 0.480. The lowest BCUT2D eigenvalue weighted by atomic mass is 9.83. The van der Waals surface area contributed by atoms with Gasteiger partial charge in [0, 0.05) is 61.2 Å². The minimum absolute atomic E-state index is 0.0121. The molecule has 2 aromatic rings. The lowest BCUT2D eigenvalue weighted by molar-refractivity contribution is -0.118. The van der Waals surface area contributed by atoms with Crippen LogP contribution in [0.25, 0.3) is 0 Å². The summed E-state index contributed by atoms with van der Waals surface area (Å²) in [5.41, 5.74) is 1.53.